The first-order chi connectivity index (χ1) is 11.5. The van der Waals surface area contributed by atoms with E-state index in [4.69, 9.17) is 0 Å². The van der Waals surface area contributed by atoms with E-state index in [-0.39, 0.29) is 6.04 Å². The smallest absolute Gasteiger partial charge is 0.240 e. The maximum atomic E-state index is 12.5. The van der Waals surface area contributed by atoms with Crippen molar-refractivity contribution in [2.45, 2.75) is 30.3 Å². The van der Waals surface area contributed by atoms with Crippen LogP contribution in [0.2, 0.25) is 0 Å². The number of nitrogens with zero attached hydrogens (tertiary/aromatic N) is 1. The van der Waals surface area contributed by atoms with Crippen molar-refractivity contribution >= 4 is 32.6 Å². The Kier molecular flexibility index (Phi) is 5.91. The van der Waals surface area contributed by atoms with Gasteiger partial charge in [-0.2, -0.15) is 0 Å². The van der Waals surface area contributed by atoms with E-state index in [2.05, 4.69) is 56.5 Å². The fourth-order valence-electron chi connectivity index (χ4n) is 2.95. The summed E-state index contributed by atoms with van der Waals surface area (Å²) in [5, 5.41) is 0. The van der Waals surface area contributed by atoms with Crippen molar-refractivity contribution in [1.29, 1.82) is 0 Å². The molecule has 1 aliphatic rings. The number of nitrogens with one attached hydrogen (secondary N) is 1. The molecule has 0 bridgehead atoms. The van der Waals surface area contributed by atoms with Gasteiger partial charge in [0.2, 0.25) is 10.0 Å². The third kappa shape index (κ3) is 4.78. The Balaban J connectivity index is 1.54. The van der Waals surface area contributed by atoms with Crippen LogP contribution in [0.25, 0.3) is 0 Å². The predicted molar refractivity (Wildman–Crippen MR) is 104 cm³/mol. The normalized spacial score (nSPS) is 17.0. The Morgan fingerprint density at radius 3 is 2.25 bits per heavy atom. The second-order valence-electron chi connectivity index (χ2n) is 6.11. The number of rotatable bonds is 5. The summed E-state index contributed by atoms with van der Waals surface area (Å²) >= 11 is 2.17. The third-order valence-electron chi connectivity index (χ3n) is 4.28. The number of benzene rings is 2. The number of hydrogen-bond acceptors (Lipinski definition) is 3. The lowest BCUT2D eigenvalue weighted by Gasteiger charge is -2.32. The van der Waals surface area contributed by atoms with E-state index < -0.39 is 10.0 Å². The largest absolute Gasteiger partial charge is 0.299 e. The van der Waals surface area contributed by atoms with Gasteiger partial charge in [-0.1, -0.05) is 30.3 Å². The van der Waals surface area contributed by atoms with Crippen molar-refractivity contribution in [3.63, 3.8) is 0 Å². The van der Waals surface area contributed by atoms with Crippen LogP contribution in [0.15, 0.2) is 59.5 Å². The van der Waals surface area contributed by atoms with Gasteiger partial charge in [-0.3, -0.25) is 4.90 Å². The fraction of sp³-hybridized carbons (Fsp3) is 0.333. The summed E-state index contributed by atoms with van der Waals surface area (Å²) in [5.74, 6) is 0. The van der Waals surface area contributed by atoms with Gasteiger partial charge in [-0.05, 0) is 65.3 Å². The van der Waals surface area contributed by atoms with Gasteiger partial charge in [0, 0.05) is 29.2 Å². The lowest BCUT2D eigenvalue weighted by molar-refractivity contribution is 0.200. The molecule has 4 nitrogen and oxygen atoms in total. The van der Waals surface area contributed by atoms with Crippen LogP contribution in [-0.2, 0) is 16.6 Å². The van der Waals surface area contributed by atoms with Crippen LogP contribution in [0.1, 0.15) is 18.4 Å². The molecule has 0 saturated carbocycles. The Labute approximate surface area is 157 Å². The number of halogens is 1. The standard InChI is InChI=1S/C18H21IN2O2S/c19-16-6-8-18(9-7-16)24(22,23)20-17-10-12-21(13-11-17)14-15-4-2-1-3-5-15/h1-9,17,20H,10-14H2. The predicted octanol–water partition coefficient (Wildman–Crippen LogP) is 3.23. The van der Waals surface area contributed by atoms with Crippen molar-refractivity contribution in [1.82, 2.24) is 9.62 Å². The maximum absolute atomic E-state index is 12.5. The van der Waals surface area contributed by atoms with Crippen molar-refractivity contribution in [2.24, 2.45) is 0 Å². The average molecular weight is 456 g/mol. The molecule has 1 fully saturated rings. The first-order valence-corrected chi connectivity index (χ1v) is 10.6. The molecular formula is C18H21IN2O2S. The maximum Gasteiger partial charge on any atom is 0.240 e. The second-order valence-corrected chi connectivity index (χ2v) is 9.07. The van der Waals surface area contributed by atoms with Gasteiger partial charge in [0.05, 0.1) is 4.90 Å². The van der Waals surface area contributed by atoms with Gasteiger partial charge in [0.1, 0.15) is 0 Å². The molecule has 0 amide bonds. The molecule has 2 aromatic carbocycles. The highest BCUT2D eigenvalue weighted by Crippen LogP contribution is 2.17. The molecule has 0 atom stereocenters. The molecule has 0 spiro atoms. The van der Waals surface area contributed by atoms with Gasteiger partial charge >= 0.3 is 0 Å². The van der Waals surface area contributed by atoms with Crippen LogP contribution in [0.4, 0.5) is 0 Å². The molecule has 0 aromatic heterocycles. The first-order valence-electron chi connectivity index (χ1n) is 8.07. The molecule has 24 heavy (non-hydrogen) atoms. The molecule has 0 aliphatic carbocycles. The highest BCUT2D eigenvalue weighted by Gasteiger charge is 2.24. The third-order valence-corrected chi connectivity index (χ3v) is 6.54. The summed E-state index contributed by atoms with van der Waals surface area (Å²) in [7, 11) is -3.42. The molecular weight excluding hydrogens is 435 g/mol. The molecule has 1 N–H and O–H groups in total. The molecule has 2 aromatic rings. The number of piperidine rings is 1. The summed E-state index contributed by atoms with van der Waals surface area (Å²) in [5.41, 5.74) is 1.30. The summed E-state index contributed by atoms with van der Waals surface area (Å²) in [6, 6.07) is 17.4. The molecule has 1 heterocycles. The van der Waals surface area contributed by atoms with E-state index in [1.54, 1.807) is 12.1 Å². The highest BCUT2D eigenvalue weighted by molar-refractivity contribution is 14.1. The molecule has 0 unspecified atom stereocenters. The lowest BCUT2D eigenvalue weighted by Crippen LogP contribution is -2.44. The molecule has 6 heteroatoms. The number of sulfonamides is 1. The highest BCUT2D eigenvalue weighted by atomic mass is 127. The van der Waals surface area contributed by atoms with Crippen molar-refractivity contribution in [2.75, 3.05) is 13.1 Å². The fourth-order valence-corrected chi connectivity index (χ4v) is 4.62. The molecule has 128 valence electrons. The van der Waals surface area contributed by atoms with Gasteiger partial charge in [-0.25, -0.2) is 13.1 Å². The van der Waals surface area contributed by atoms with Crippen LogP contribution < -0.4 is 4.72 Å². The average Bonchev–Trinajstić information content (AvgIpc) is 2.58. The van der Waals surface area contributed by atoms with Crippen LogP contribution in [0.5, 0.6) is 0 Å². The lowest BCUT2D eigenvalue weighted by atomic mass is 10.1. The SMILES string of the molecule is O=S(=O)(NC1CCN(Cc2ccccc2)CC1)c1ccc(I)cc1. The summed E-state index contributed by atoms with van der Waals surface area (Å²) in [6.07, 6.45) is 1.69. The summed E-state index contributed by atoms with van der Waals surface area (Å²) in [4.78, 5) is 2.72. The van der Waals surface area contributed by atoms with Crippen LogP contribution >= 0.6 is 22.6 Å². The second kappa shape index (κ2) is 7.95. The van der Waals surface area contributed by atoms with Crippen LogP contribution in [0, 0.1) is 3.57 Å². The van der Waals surface area contributed by atoms with Crippen molar-refractivity contribution in [3.05, 3.63) is 63.7 Å². The Morgan fingerprint density at radius 2 is 1.62 bits per heavy atom. The van der Waals surface area contributed by atoms with Crippen LogP contribution in [-0.4, -0.2) is 32.4 Å². The summed E-state index contributed by atoms with van der Waals surface area (Å²) < 4.78 is 28.8. The Hall–Kier alpha value is -0.960. The quantitative estimate of drug-likeness (QED) is 0.704. The van der Waals surface area contributed by atoms with E-state index in [1.807, 2.05) is 18.2 Å². The zero-order valence-corrected chi connectivity index (χ0v) is 16.3. The monoisotopic (exact) mass is 456 g/mol. The van der Waals surface area contributed by atoms with Gasteiger partial charge in [0.25, 0.3) is 0 Å². The van der Waals surface area contributed by atoms with Crippen molar-refractivity contribution < 1.29 is 8.42 Å². The zero-order chi connectivity index (χ0) is 17.0. The number of likely N-dealkylation sites (tertiary alicyclic amines) is 1. The summed E-state index contributed by atoms with van der Waals surface area (Å²) in [6.45, 7) is 2.75. The topological polar surface area (TPSA) is 49.4 Å². The van der Waals surface area contributed by atoms with E-state index in [0.29, 0.717) is 4.90 Å². The minimum atomic E-state index is -3.42. The molecule has 1 saturated heterocycles. The van der Waals surface area contributed by atoms with E-state index in [9.17, 15) is 8.42 Å². The molecule has 3 rings (SSSR count). The van der Waals surface area contributed by atoms with Crippen LogP contribution in [0.3, 0.4) is 0 Å². The van der Waals surface area contributed by atoms with Crippen molar-refractivity contribution in [3.8, 4) is 0 Å². The minimum Gasteiger partial charge on any atom is -0.299 e. The van der Waals surface area contributed by atoms with E-state index in [0.717, 1.165) is 36.0 Å². The molecule has 0 radical (unpaired) electrons. The van der Waals surface area contributed by atoms with Gasteiger partial charge in [0.15, 0.2) is 0 Å². The zero-order valence-electron chi connectivity index (χ0n) is 13.4. The first kappa shape index (κ1) is 17.8. The Morgan fingerprint density at radius 1 is 1.00 bits per heavy atom. The van der Waals surface area contributed by atoms with E-state index in [1.165, 1.54) is 5.56 Å². The Bertz CT molecular complexity index is 755. The van der Waals surface area contributed by atoms with Gasteiger partial charge < -0.3 is 0 Å². The molecule has 1 aliphatic heterocycles. The van der Waals surface area contributed by atoms with Gasteiger partial charge in [-0.15, -0.1) is 0 Å². The minimum absolute atomic E-state index is 0.0151. The van der Waals surface area contributed by atoms with E-state index >= 15 is 0 Å². The number of hydrogen-bond donors (Lipinski definition) is 1.